The molecular formula is C22H28N8O2. The predicted octanol–water partition coefficient (Wildman–Crippen LogP) is 3.16. The maximum atomic E-state index is 12.2. The lowest BCUT2D eigenvalue weighted by Gasteiger charge is -2.37. The summed E-state index contributed by atoms with van der Waals surface area (Å²) in [5.74, 6) is 1.61. The molecule has 2 aliphatic rings. The molecule has 2 aromatic heterocycles. The van der Waals surface area contributed by atoms with Gasteiger partial charge in [-0.3, -0.25) is 10.1 Å². The molecule has 1 aliphatic heterocycles. The SMILES string of the molecule is N#CCCN(c1ncnc(N2CCN(c3ccccn3)CC2)c1[N+](=O)[O-])C1CCCCC1. The van der Waals surface area contributed by atoms with Crippen LogP contribution in [-0.4, -0.2) is 58.6 Å². The molecule has 10 heteroatoms. The topological polar surface area (TPSA) is 115 Å². The first kappa shape index (κ1) is 21.7. The van der Waals surface area contributed by atoms with Gasteiger partial charge in [-0.1, -0.05) is 25.3 Å². The van der Waals surface area contributed by atoms with Gasteiger partial charge in [0, 0.05) is 45.0 Å². The molecule has 168 valence electrons. The first-order chi connectivity index (χ1) is 15.7. The van der Waals surface area contributed by atoms with E-state index in [-0.39, 0.29) is 16.7 Å². The average Bonchev–Trinajstić information content (AvgIpc) is 2.85. The molecular weight excluding hydrogens is 408 g/mol. The van der Waals surface area contributed by atoms with Gasteiger partial charge in [-0.25, -0.2) is 15.0 Å². The Balaban J connectivity index is 1.60. The molecule has 1 aliphatic carbocycles. The Hall–Kier alpha value is -3.48. The Morgan fingerprint density at radius 3 is 2.50 bits per heavy atom. The van der Waals surface area contributed by atoms with E-state index in [0.717, 1.165) is 31.5 Å². The first-order valence-electron chi connectivity index (χ1n) is 11.2. The maximum Gasteiger partial charge on any atom is 0.353 e. The van der Waals surface area contributed by atoms with Gasteiger partial charge in [0.15, 0.2) is 0 Å². The molecule has 0 spiro atoms. The standard InChI is InChI=1S/C22H28N8O2/c23-10-6-12-29(18-7-2-1-3-8-18)22-20(30(31)32)21(25-17-26-22)28-15-13-27(14-16-28)19-9-4-5-11-24-19/h4-5,9,11,17-18H,1-3,6-8,12-16H2. The average molecular weight is 437 g/mol. The molecule has 4 rings (SSSR count). The van der Waals surface area contributed by atoms with Crippen molar-refractivity contribution in [3.8, 4) is 6.07 Å². The van der Waals surface area contributed by atoms with Crippen molar-refractivity contribution in [2.24, 2.45) is 0 Å². The van der Waals surface area contributed by atoms with Crippen molar-refractivity contribution >= 4 is 23.1 Å². The van der Waals surface area contributed by atoms with Crippen LogP contribution in [0.25, 0.3) is 0 Å². The van der Waals surface area contributed by atoms with Crippen LogP contribution in [0.15, 0.2) is 30.7 Å². The molecule has 0 unspecified atom stereocenters. The normalized spacial score (nSPS) is 17.1. The van der Waals surface area contributed by atoms with Gasteiger partial charge >= 0.3 is 5.69 Å². The predicted molar refractivity (Wildman–Crippen MR) is 122 cm³/mol. The van der Waals surface area contributed by atoms with Crippen LogP contribution in [0.1, 0.15) is 38.5 Å². The zero-order valence-electron chi connectivity index (χ0n) is 18.1. The second-order valence-corrected chi connectivity index (χ2v) is 8.18. The molecule has 3 heterocycles. The highest BCUT2D eigenvalue weighted by molar-refractivity contribution is 5.72. The van der Waals surface area contributed by atoms with Gasteiger partial charge in [-0.15, -0.1) is 0 Å². The van der Waals surface area contributed by atoms with Gasteiger partial charge in [0.2, 0.25) is 11.6 Å². The minimum absolute atomic E-state index is 0.0534. The van der Waals surface area contributed by atoms with Gasteiger partial charge in [-0.05, 0) is 25.0 Å². The molecule has 0 N–H and O–H groups in total. The van der Waals surface area contributed by atoms with E-state index in [0.29, 0.717) is 50.8 Å². The van der Waals surface area contributed by atoms with Crippen molar-refractivity contribution in [3.63, 3.8) is 0 Å². The van der Waals surface area contributed by atoms with Gasteiger partial charge in [0.25, 0.3) is 0 Å². The summed E-state index contributed by atoms with van der Waals surface area (Å²) in [6, 6.07) is 8.15. The summed E-state index contributed by atoms with van der Waals surface area (Å²) in [7, 11) is 0. The molecule has 0 radical (unpaired) electrons. The van der Waals surface area contributed by atoms with Gasteiger partial charge in [0.05, 0.1) is 17.4 Å². The van der Waals surface area contributed by atoms with Crippen LogP contribution in [0.3, 0.4) is 0 Å². The fourth-order valence-electron chi connectivity index (χ4n) is 4.68. The van der Waals surface area contributed by atoms with Crippen molar-refractivity contribution in [3.05, 3.63) is 40.8 Å². The quantitative estimate of drug-likeness (QED) is 0.476. The van der Waals surface area contributed by atoms with Crippen LogP contribution < -0.4 is 14.7 Å². The maximum absolute atomic E-state index is 12.2. The fourth-order valence-corrected chi connectivity index (χ4v) is 4.68. The van der Waals surface area contributed by atoms with Crippen LogP contribution in [0, 0.1) is 21.4 Å². The highest BCUT2D eigenvalue weighted by Gasteiger charge is 2.34. The summed E-state index contributed by atoms with van der Waals surface area (Å²) in [5.41, 5.74) is -0.0534. The molecule has 2 fully saturated rings. The van der Waals surface area contributed by atoms with Crippen molar-refractivity contribution < 1.29 is 4.92 Å². The number of hydrogen-bond donors (Lipinski definition) is 0. The van der Waals surface area contributed by atoms with Crippen LogP contribution in [0.5, 0.6) is 0 Å². The zero-order chi connectivity index (χ0) is 22.3. The molecule has 1 saturated carbocycles. The molecule has 32 heavy (non-hydrogen) atoms. The lowest BCUT2D eigenvalue weighted by molar-refractivity contribution is -0.383. The summed E-state index contributed by atoms with van der Waals surface area (Å²) in [6.07, 6.45) is 8.78. The van der Waals surface area contributed by atoms with E-state index >= 15 is 0 Å². The van der Waals surface area contributed by atoms with Crippen LogP contribution in [-0.2, 0) is 0 Å². The summed E-state index contributed by atoms with van der Waals surface area (Å²) in [6.45, 7) is 3.06. The third kappa shape index (κ3) is 4.72. The number of hydrogen-bond acceptors (Lipinski definition) is 9. The fraction of sp³-hybridized carbons (Fsp3) is 0.545. The second-order valence-electron chi connectivity index (χ2n) is 8.18. The number of rotatable bonds is 7. The van der Waals surface area contributed by atoms with E-state index in [1.807, 2.05) is 28.0 Å². The van der Waals surface area contributed by atoms with E-state index in [2.05, 4.69) is 25.9 Å². The Morgan fingerprint density at radius 1 is 1.09 bits per heavy atom. The summed E-state index contributed by atoms with van der Waals surface area (Å²) in [5, 5.41) is 21.4. The molecule has 0 amide bonds. The van der Waals surface area contributed by atoms with E-state index < -0.39 is 0 Å². The summed E-state index contributed by atoms with van der Waals surface area (Å²) in [4.78, 5) is 31.1. The largest absolute Gasteiger partial charge is 0.353 e. The van der Waals surface area contributed by atoms with Gasteiger partial charge in [0.1, 0.15) is 12.1 Å². The molecule has 0 bridgehead atoms. The third-order valence-corrected chi connectivity index (χ3v) is 6.27. The van der Waals surface area contributed by atoms with Crippen LogP contribution >= 0.6 is 0 Å². The van der Waals surface area contributed by atoms with E-state index in [9.17, 15) is 10.1 Å². The molecule has 0 atom stereocenters. The molecule has 0 aromatic carbocycles. The minimum atomic E-state index is -0.363. The lowest BCUT2D eigenvalue weighted by atomic mass is 9.94. The van der Waals surface area contributed by atoms with Crippen LogP contribution in [0.4, 0.5) is 23.1 Å². The Labute approximate surface area is 187 Å². The number of aromatic nitrogens is 3. The first-order valence-corrected chi connectivity index (χ1v) is 11.2. The number of nitriles is 1. The highest BCUT2D eigenvalue weighted by Crippen LogP contribution is 2.37. The smallest absolute Gasteiger partial charge is 0.353 e. The number of piperazine rings is 1. The van der Waals surface area contributed by atoms with E-state index in [1.54, 1.807) is 6.20 Å². The summed E-state index contributed by atoms with van der Waals surface area (Å²) < 4.78 is 0. The van der Waals surface area contributed by atoms with Crippen molar-refractivity contribution in [2.45, 2.75) is 44.6 Å². The van der Waals surface area contributed by atoms with E-state index in [4.69, 9.17) is 5.26 Å². The van der Waals surface area contributed by atoms with Crippen LogP contribution in [0.2, 0.25) is 0 Å². The Morgan fingerprint density at radius 2 is 1.84 bits per heavy atom. The Bertz CT molecular complexity index is 950. The monoisotopic (exact) mass is 436 g/mol. The number of nitro groups is 1. The number of anilines is 3. The second kappa shape index (κ2) is 10.2. The zero-order valence-corrected chi connectivity index (χ0v) is 18.1. The third-order valence-electron chi connectivity index (χ3n) is 6.27. The molecule has 10 nitrogen and oxygen atoms in total. The van der Waals surface area contributed by atoms with Crippen molar-refractivity contribution in [2.75, 3.05) is 47.4 Å². The van der Waals surface area contributed by atoms with Crippen molar-refractivity contribution in [1.29, 1.82) is 5.26 Å². The molecule has 1 saturated heterocycles. The van der Waals surface area contributed by atoms with Gasteiger partial charge < -0.3 is 14.7 Å². The number of nitrogens with zero attached hydrogens (tertiary/aromatic N) is 8. The molecule has 2 aromatic rings. The minimum Gasteiger partial charge on any atom is -0.353 e. The van der Waals surface area contributed by atoms with E-state index in [1.165, 1.54) is 12.7 Å². The van der Waals surface area contributed by atoms with Gasteiger partial charge in [-0.2, -0.15) is 5.26 Å². The lowest BCUT2D eigenvalue weighted by Crippen LogP contribution is -2.47. The number of pyridine rings is 1. The highest BCUT2D eigenvalue weighted by atomic mass is 16.6. The van der Waals surface area contributed by atoms with Crippen molar-refractivity contribution in [1.82, 2.24) is 15.0 Å². The Kier molecular flexibility index (Phi) is 6.94. The summed E-state index contributed by atoms with van der Waals surface area (Å²) >= 11 is 0.